The van der Waals surface area contributed by atoms with Gasteiger partial charge in [0.05, 0.1) is 35.9 Å². The van der Waals surface area contributed by atoms with Crippen molar-refractivity contribution in [2.75, 3.05) is 13.2 Å². The molecule has 0 aliphatic heterocycles. The maximum Gasteiger partial charge on any atom is 0.313 e. The molecule has 2 aliphatic rings. The molecule has 0 heterocycles. The molecule has 2 rings (SSSR count). The Bertz CT molecular complexity index is 1550. The first kappa shape index (κ1) is 64.6. The first-order valence-electron chi connectivity index (χ1n) is 29.4. The summed E-state index contributed by atoms with van der Waals surface area (Å²) in [5.41, 5.74) is -0.409. The second-order valence-electron chi connectivity index (χ2n) is 21.6. The zero-order valence-electron chi connectivity index (χ0n) is 45.0. The average molecular weight is 1050 g/mol. The number of hydrogen-bond donors (Lipinski definition) is 2. The lowest BCUT2D eigenvalue weighted by Crippen LogP contribution is -2.54. The molecule has 0 aromatic rings. The molecular formula is C60H102O6S4. The van der Waals surface area contributed by atoms with Crippen LogP contribution < -0.4 is 0 Å². The zero-order chi connectivity index (χ0) is 51.1. The third-order valence-electron chi connectivity index (χ3n) is 16.1. The van der Waals surface area contributed by atoms with E-state index >= 15 is 0 Å². The van der Waals surface area contributed by atoms with Crippen molar-refractivity contribution in [3.8, 4) is 0 Å². The van der Waals surface area contributed by atoms with Crippen LogP contribution in [-0.4, -0.2) is 55.5 Å². The number of aliphatic hydroxyl groups excluding tert-OH is 2. The van der Waals surface area contributed by atoms with Gasteiger partial charge in [0.25, 0.3) is 0 Å². The Balaban J connectivity index is 1.64. The molecular weight excluding hydrogens is 945 g/mol. The number of hydrogen-bond acceptors (Lipinski definition) is 8. The lowest BCUT2D eigenvalue weighted by Gasteiger charge is -2.51. The van der Waals surface area contributed by atoms with Crippen LogP contribution in [0.3, 0.4) is 0 Å². The van der Waals surface area contributed by atoms with Crippen LogP contribution in [0.25, 0.3) is 0 Å². The van der Waals surface area contributed by atoms with Crippen molar-refractivity contribution in [3.05, 3.63) is 11.1 Å². The highest BCUT2D eigenvalue weighted by atomic mass is 32.1. The summed E-state index contributed by atoms with van der Waals surface area (Å²) in [6.45, 7) is 7.49. The van der Waals surface area contributed by atoms with Crippen molar-refractivity contribution < 1.29 is 29.3 Å². The first-order chi connectivity index (χ1) is 34.1. The van der Waals surface area contributed by atoms with Crippen LogP contribution in [0.5, 0.6) is 0 Å². The van der Waals surface area contributed by atoms with Gasteiger partial charge in [-0.3, -0.25) is 9.59 Å². The van der Waals surface area contributed by atoms with E-state index in [-0.39, 0.29) is 28.0 Å². The van der Waals surface area contributed by atoms with Gasteiger partial charge in [0.15, 0.2) is 10.1 Å². The van der Waals surface area contributed by atoms with Crippen LogP contribution in [0.1, 0.15) is 290 Å². The van der Waals surface area contributed by atoms with Crippen molar-refractivity contribution in [2.45, 2.75) is 290 Å². The molecule has 5 unspecified atom stereocenters. The van der Waals surface area contributed by atoms with E-state index in [1.807, 2.05) is 0 Å². The largest absolute Gasteiger partial charge is 0.501 e. The van der Waals surface area contributed by atoms with Gasteiger partial charge in [0.1, 0.15) is 0 Å². The average Bonchev–Trinajstić information content (AvgIpc) is 3.32. The molecule has 0 spiro atoms. The van der Waals surface area contributed by atoms with E-state index in [0.29, 0.717) is 43.6 Å². The summed E-state index contributed by atoms with van der Waals surface area (Å²) in [5.74, 6) is -1.53. The minimum atomic E-state index is -0.821. The summed E-state index contributed by atoms with van der Waals surface area (Å²) in [6, 6.07) is 0. The number of ether oxygens (including phenoxy) is 2. The van der Waals surface area contributed by atoms with Gasteiger partial charge in [0.2, 0.25) is 0 Å². The van der Waals surface area contributed by atoms with Crippen LogP contribution in [-0.2, 0) is 19.1 Å². The molecule has 70 heavy (non-hydrogen) atoms. The molecule has 2 aliphatic carbocycles. The highest BCUT2D eigenvalue weighted by Gasteiger charge is 2.60. The second kappa shape index (κ2) is 40.8. The van der Waals surface area contributed by atoms with Gasteiger partial charge < -0.3 is 19.7 Å². The Morgan fingerprint density at radius 2 is 0.814 bits per heavy atom. The van der Waals surface area contributed by atoms with Crippen LogP contribution in [0, 0.1) is 28.6 Å². The van der Waals surface area contributed by atoms with Crippen LogP contribution in [0.4, 0.5) is 0 Å². The molecule has 0 radical (unpaired) electrons. The molecule has 2 fully saturated rings. The monoisotopic (exact) mass is 1050 g/mol. The third kappa shape index (κ3) is 23.8. The maximum absolute atomic E-state index is 13.3. The fourth-order valence-corrected chi connectivity index (χ4v) is 12.8. The Hall–Kier alpha value is -1.54. The summed E-state index contributed by atoms with van der Waals surface area (Å²) >= 11 is 21.5. The van der Waals surface area contributed by atoms with Crippen molar-refractivity contribution in [1.82, 2.24) is 0 Å². The molecule has 0 aromatic heterocycles. The molecule has 2 saturated carbocycles. The highest BCUT2D eigenvalue weighted by molar-refractivity contribution is 7.80. The van der Waals surface area contributed by atoms with Gasteiger partial charge in [0, 0.05) is 11.1 Å². The fourth-order valence-electron chi connectivity index (χ4n) is 11.5. The quantitative estimate of drug-likeness (QED) is 0.0349. The summed E-state index contributed by atoms with van der Waals surface area (Å²) in [7, 11) is 0. The molecule has 0 saturated heterocycles. The lowest BCUT2D eigenvalue weighted by atomic mass is 9.51. The molecule has 402 valence electrons. The topological polar surface area (TPSA) is 93.1 Å². The van der Waals surface area contributed by atoms with Gasteiger partial charge in [-0.05, 0) is 110 Å². The molecule has 0 aromatic carbocycles. The number of carbonyl (C=O) groups is 2. The lowest BCUT2D eigenvalue weighted by molar-refractivity contribution is -0.152. The van der Waals surface area contributed by atoms with Crippen molar-refractivity contribution in [2.24, 2.45) is 28.6 Å². The Morgan fingerprint density at radius 3 is 1.16 bits per heavy atom. The van der Waals surface area contributed by atoms with Gasteiger partial charge in [-0.2, -0.15) is 0 Å². The first-order valence-corrected chi connectivity index (χ1v) is 31.0. The smallest absolute Gasteiger partial charge is 0.313 e. The Morgan fingerprint density at radius 1 is 0.471 bits per heavy atom. The van der Waals surface area contributed by atoms with Gasteiger partial charge in [-0.1, -0.05) is 245 Å². The van der Waals surface area contributed by atoms with Gasteiger partial charge in [-0.15, -0.1) is 0 Å². The minimum absolute atomic E-state index is 0.0446. The molecule has 0 amide bonds. The SMILES string of the molecule is CCCCCCCCCCCCCCCCCCOC(=O)C1CC(CCCCCCC(CCC)C2(C(O)=S)CC(C(=O)OCCCCCCCCCCCCCCCCCC)C2=C=S)(C(O)=S)C1=C=S. The van der Waals surface area contributed by atoms with Crippen molar-refractivity contribution in [3.63, 3.8) is 0 Å². The second-order valence-corrected chi connectivity index (χ2v) is 22.8. The zero-order valence-corrected chi connectivity index (χ0v) is 48.3. The van der Waals surface area contributed by atoms with Gasteiger partial charge in [-0.25, -0.2) is 0 Å². The number of aliphatic hydroxyl groups is 2. The van der Waals surface area contributed by atoms with E-state index in [4.69, 9.17) is 58.3 Å². The molecule has 6 nitrogen and oxygen atoms in total. The number of rotatable bonds is 48. The highest BCUT2D eigenvalue weighted by Crippen LogP contribution is 2.58. The molecule has 2 N–H and O–H groups in total. The van der Waals surface area contributed by atoms with E-state index in [1.165, 1.54) is 180 Å². The van der Waals surface area contributed by atoms with E-state index in [0.717, 1.165) is 70.6 Å². The van der Waals surface area contributed by atoms with Crippen LogP contribution >= 0.6 is 48.9 Å². The summed E-state index contributed by atoms with van der Waals surface area (Å²) in [4.78, 5) is 26.4. The van der Waals surface area contributed by atoms with Crippen molar-refractivity contribution in [1.29, 1.82) is 0 Å². The summed E-state index contributed by atoms with van der Waals surface area (Å²) in [5, 5.41) is 27.2. The maximum atomic E-state index is 13.3. The standard InChI is InChI=1S/C60H102O6S4/c1-4-7-9-11-13-15-17-19-21-23-25-27-29-31-35-39-44-65-55(61)51-46-59(57(63)69,53(51)48-67)43-38-34-33-37-42-50(41-6-3)60(58(64)70)47-52(54(60)49-68)56(62)66-45-40-36-32-30-28-26-24-22-20-18-16-14-12-10-8-5-2/h50-52H,4-47H2,1-3H3,(H,63,69)(H,64,70). The number of thiocarbonyl (C=S) groups is 4. The number of carbonyl (C=O) groups excluding carboxylic acids is 2. The predicted molar refractivity (Wildman–Crippen MR) is 311 cm³/mol. The van der Waals surface area contributed by atoms with Gasteiger partial charge >= 0.3 is 11.9 Å². The summed E-state index contributed by atoms with van der Waals surface area (Å²) < 4.78 is 11.4. The fraction of sp³-hybridized carbons (Fsp3) is 0.867. The van der Waals surface area contributed by atoms with E-state index in [9.17, 15) is 19.8 Å². The number of esters is 2. The normalized spacial score (nSPS) is 20.0. The Labute approximate surface area is 450 Å². The predicted octanol–water partition coefficient (Wildman–Crippen LogP) is 19.2. The van der Waals surface area contributed by atoms with Crippen molar-refractivity contribution >= 4 is 81.0 Å². The molecule has 10 heteroatoms. The third-order valence-corrected chi connectivity index (χ3v) is 17.3. The van der Waals surface area contributed by atoms with E-state index < -0.39 is 22.7 Å². The Kier molecular flexibility index (Phi) is 37.6. The van der Waals surface area contributed by atoms with Crippen LogP contribution in [0.2, 0.25) is 0 Å². The molecule has 5 atom stereocenters. The van der Waals surface area contributed by atoms with E-state index in [1.54, 1.807) is 0 Å². The minimum Gasteiger partial charge on any atom is -0.501 e. The number of unbranched alkanes of at least 4 members (excludes halogenated alkanes) is 33. The molecule has 0 bridgehead atoms. The summed E-state index contributed by atoms with van der Waals surface area (Å²) in [6.07, 6.45) is 49.1. The van der Waals surface area contributed by atoms with E-state index in [2.05, 4.69) is 30.8 Å². The van der Waals surface area contributed by atoms with Crippen LogP contribution in [0.15, 0.2) is 11.1 Å².